The average molecular weight is 578 g/mol. The average Bonchev–Trinajstić information content (AvgIpc) is 3.44. The number of ether oxygens (including phenoxy) is 1. The van der Waals surface area contributed by atoms with E-state index < -0.39 is 45.8 Å². The third kappa shape index (κ3) is 4.56. The van der Waals surface area contributed by atoms with Crippen molar-refractivity contribution in [3.05, 3.63) is 48.8 Å². The Kier molecular flexibility index (Phi) is 6.87. The molecule has 3 aromatic rings. The molecule has 1 aromatic carbocycles. The van der Waals surface area contributed by atoms with Crippen molar-refractivity contribution in [3.63, 3.8) is 0 Å². The van der Waals surface area contributed by atoms with Crippen molar-refractivity contribution in [1.29, 1.82) is 0 Å². The summed E-state index contributed by atoms with van der Waals surface area (Å²) in [5, 5.41) is 44.7. The molecule has 0 radical (unpaired) electrons. The van der Waals surface area contributed by atoms with E-state index in [0.717, 1.165) is 11.3 Å². The molecule has 13 heteroatoms. The summed E-state index contributed by atoms with van der Waals surface area (Å²) in [5.74, 6) is 1.78. The predicted molar refractivity (Wildman–Crippen MR) is 133 cm³/mol. The van der Waals surface area contributed by atoms with Gasteiger partial charge in [-0.3, -0.25) is 3.11 Å². The maximum Gasteiger partial charge on any atom is 0.172 e. The van der Waals surface area contributed by atoms with Crippen LogP contribution in [0.25, 0.3) is 11.3 Å². The van der Waals surface area contributed by atoms with Gasteiger partial charge in [0, 0.05) is 18.7 Å². The van der Waals surface area contributed by atoms with E-state index in [1.165, 1.54) is 6.33 Å². The zero-order valence-electron chi connectivity index (χ0n) is 17.9. The van der Waals surface area contributed by atoms with Crippen molar-refractivity contribution >= 4 is 44.4 Å². The van der Waals surface area contributed by atoms with Crippen LogP contribution in [0.3, 0.4) is 0 Å². The second-order valence-corrected chi connectivity index (χ2v) is 9.57. The summed E-state index contributed by atoms with van der Waals surface area (Å²) in [7, 11) is 0. The minimum Gasteiger partial charge on any atom is -0.394 e. The SMILES string of the molecule is OCC1OC(N2I=Nc3c(NCCNc4ccc(-c5ccccc5)nn4)ncnc32)C(O)C1O. The molecule has 4 unspecified atom stereocenters. The lowest BCUT2D eigenvalue weighted by Crippen LogP contribution is -2.39. The molecule has 2 aromatic heterocycles. The molecule has 0 bridgehead atoms. The first-order chi connectivity index (χ1) is 16.7. The van der Waals surface area contributed by atoms with Crippen molar-refractivity contribution in [2.75, 3.05) is 33.4 Å². The van der Waals surface area contributed by atoms with E-state index >= 15 is 0 Å². The number of hydrogen-bond acceptors (Lipinski definition) is 12. The number of halogens is 1. The van der Waals surface area contributed by atoms with Crippen molar-refractivity contribution < 1.29 is 20.1 Å². The van der Waals surface area contributed by atoms with Crippen LogP contribution in [0.5, 0.6) is 0 Å². The maximum atomic E-state index is 10.3. The van der Waals surface area contributed by atoms with Crippen LogP contribution in [0.2, 0.25) is 0 Å². The largest absolute Gasteiger partial charge is 0.394 e. The molecule has 5 rings (SSSR count). The molecule has 5 N–H and O–H groups in total. The number of fused-ring (bicyclic) bond motifs is 1. The topological polar surface area (TPSA) is 161 Å². The van der Waals surface area contributed by atoms with Crippen LogP contribution in [0, 0.1) is 0 Å². The lowest BCUT2D eigenvalue weighted by molar-refractivity contribution is -0.0175. The van der Waals surface area contributed by atoms with Crippen LogP contribution in [-0.2, 0) is 4.74 Å². The Morgan fingerprint density at radius 2 is 1.79 bits per heavy atom. The normalized spacial score (nSPS) is 23.4. The highest BCUT2D eigenvalue weighted by Crippen LogP contribution is 2.47. The number of aliphatic hydroxyl groups is 3. The highest BCUT2D eigenvalue weighted by atomic mass is 127. The molecule has 0 saturated carbocycles. The van der Waals surface area contributed by atoms with Gasteiger partial charge in [-0.2, -0.15) is 3.15 Å². The molecular weight excluding hydrogens is 555 g/mol. The minimum atomic E-state index is -1.17. The monoisotopic (exact) mass is 578 g/mol. The van der Waals surface area contributed by atoms with Gasteiger partial charge >= 0.3 is 0 Å². The fourth-order valence-corrected chi connectivity index (χ4v) is 5.80. The Balaban J connectivity index is 1.18. The number of nitrogens with zero attached hydrogens (tertiary/aromatic N) is 6. The first kappa shape index (κ1) is 22.9. The molecule has 0 aliphatic carbocycles. The number of nitrogens with one attached hydrogen (secondary N) is 2. The number of rotatable bonds is 8. The Bertz CT molecular complexity index is 1150. The van der Waals surface area contributed by atoms with Gasteiger partial charge in [-0.05, 0) is 12.1 Å². The van der Waals surface area contributed by atoms with Gasteiger partial charge in [0.05, 0.1) is 12.3 Å². The second kappa shape index (κ2) is 10.2. The van der Waals surface area contributed by atoms with E-state index in [4.69, 9.17) is 4.74 Å². The molecule has 0 spiro atoms. The molecule has 4 heterocycles. The third-order valence-corrected chi connectivity index (χ3v) is 7.58. The van der Waals surface area contributed by atoms with Gasteiger partial charge in [0.25, 0.3) is 0 Å². The minimum absolute atomic E-state index is 0.381. The molecule has 1 fully saturated rings. The molecular formula is C21H23IN8O4. The molecule has 0 amide bonds. The summed E-state index contributed by atoms with van der Waals surface area (Å²) in [6, 6.07) is 13.7. The lowest BCUT2D eigenvalue weighted by Gasteiger charge is -2.24. The van der Waals surface area contributed by atoms with E-state index in [1.807, 2.05) is 42.5 Å². The van der Waals surface area contributed by atoms with Gasteiger partial charge in [-0.1, -0.05) is 30.3 Å². The van der Waals surface area contributed by atoms with Crippen LogP contribution >= 0.6 is 21.3 Å². The number of aromatic nitrogens is 4. The zero-order valence-corrected chi connectivity index (χ0v) is 20.0. The number of anilines is 3. The molecule has 1 saturated heterocycles. The molecule has 34 heavy (non-hydrogen) atoms. The Hall–Kier alpha value is -2.85. The summed E-state index contributed by atoms with van der Waals surface area (Å²) in [4.78, 5) is 8.60. The first-order valence-corrected chi connectivity index (χ1v) is 12.6. The fraction of sp³-hybridized carbons (Fsp3) is 0.333. The highest BCUT2D eigenvalue weighted by Gasteiger charge is 2.47. The standard InChI is InChI=1S/C21H23IN8O4/c31-10-14-17(32)18(33)21(34-14)30-20-16(27-22-30)19(25-11-26-20)24-9-8-23-15-7-6-13(28-29-15)12-4-2-1-3-5-12/h1-7,11,14,17-18,21,31-33H,8-10H2,(H,23,29)(H,24,25,26). The first-order valence-electron chi connectivity index (χ1n) is 10.6. The van der Waals surface area contributed by atoms with Crippen molar-refractivity contribution in [2.45, 2.75) is 24.5 Å². The van der Waals surface area contributed by atoms with Gasteiger partial charge < -0.3 is 30.7 Å². The van der Waals surface area contributed by atoms with E-state index in [2.05, 4.69) is 33.9 Å². The van der Waals surface area contributed by atoms with Crippen LogP contribution in [0.4, 0.5) is 23.1 Å². The van der Waals surface area contributed by atoms with E-state index in [-0.39, 0.29) is 6.61 Å². The predicted octanol–water partition coefficient (Wildman–Crippen LogP) is 1.42. The number of benzene rings is 1. The van der Waals surface area contributed by atoms with Crippen molar-refractivity contribution in [1.82, 2.24) is 20.2 Å². The van der Waals surface area contributed by atoms with Crippen molar-refractivity contribution in [3.8, 4) is 11.3 Å². The quantitative estimate of drug-likeness (QED) is 0.149. The van der Waals surface area contributed by atoms with Crippen molar-refractivity contribution in [2.24, 2.45) is 3.15 Å². The van der Waals surface area contributed by atoms with Crippen LogP contribution in [-0.4, -0.2) is 79.7 Å². The fourth-order valence-electron chi connectivity index (χ4n) is 3.64. The summed E-state index contributed by atoms with van der Waals surface area (Å²) in [5.41, 5.74) is 2.42. The Morgan fingerprint density at radius 3 is 2.53 bits per heavy atom. The molecule has 4 atom stereocenters. The molecule has 2 aliphatic heterocycles. The van der Waals surface area contributed by atoms with Gasteiger partial charge in [0.1, 0.15) is 51.8 Å². The number of hydrogen-bond donors (Lipinski definition) is 5. The smallest absolute Gasteiger partial charge is 0.172 e. The maximum absolute atomic E-state index is 10.3. The lowest BCUT2D eigenvalue weighted by atomic mass is 10.1. The van der Waals surface area contributed by atoms with Gasteiger partial charge in [0.15, 0.2) is 23.6 Å². The van der Waals surface area contributed by atoms with Crippen LogP contribution < -0.4 is 13.7 Å². The summed E-state index contributed by atoms with van der Waals surface area (Å²) < 4.78 is 12.0. The molecule has 12 nitrogen and oxygen atoms in total. The van der Waals surface area contributed by atoms with Gasteiger partial charge in [-0.15, -0.1) is 10.2 Å². The summed E-state index contributed by atoms with van der Waals surface area (Å²) >= 11 is -0.930. The molecule has 178 valence electrons. The van der Waals surface area contributed by atoms with E-state index in [1.54, 1.807) is 3.11 Å². The Labute approximate surface area is 205 Å². The van der Waals surface area contributed by atoms with Crippen LogP contribution in [0.1, 0.15) is 0 Å². The summed E-state index contributed by atoms with van der Waals surface area (Å²) in [6.07, 6.45) is -2.57. The zero-order chi connectivity index (χ0) is 23.5. The highest BCUT2D eigenvalue weighted by molar-refractivity contribution is 14.2. The van der Waals surface area contributed by atoms with Gasteiger partial charge in [-0.25, -0.2) is 9.97 Å². The second-order valence-electron chi connectivity index (χ2n) is 7.62. The third-order valence-electron chi connectivity index (χ3n) is 5.41. The number of aliphatic hydroxyl groups excluding tert-OH is 3. The van der Waals surface area contributed by atoms with Crippen LogP contribution in [0.15, 0.2) is 51.9 Å². The van der Waals surface area contributed by atoms with E-state index in [0.29, 0.717) is 36.2 Å². The summed E-state index contributed by atoms with van der Waals surface area (Å²) in [6.45, 7) is 0.743. The van der Waals surface area contributed by atoms with E-state index in [9.17, 15) is 15.3 Å². The Morgan fingerprint density at radius 1 is 0.971 bits per heavy atom. The molecule has 2 aliphatic rings. The van der Waals surface area contributed by atoms with Gasteiger partial charge in [0.2, 0.25) is 0 Å².